The third kappa shape index (κ3) is 3.11. The molecule has 2 rings (SSSR count). The van der Waals surface area contributed by atoms with Crippen molar-refractivity contribution in [2.24, 2.45) is 0 Å². The molecule has 0 spiro atoms. The molecule has 2 N–H and O–H groups in total. The van der Waals surface area contributed by atoms with Gasteiger partial charge in [-0.2, -0.15) is 0 Å². The molecule has 1 heterocycles. The number of hydrogen-bond acceptors (Lipinski definition) is 2. The summed E-state index contributed by atoms with van der Waals surface area (Å²) < 4.78 is 0. The smallest absolute Gasteiger partial charge is 0.317 e. The Bertz CT molecular complexity index is 522. The Morgan fingerprint density at radius 2 is 2.26 bits per heavy atom. The zero-order valence-corrected chi connectivity index (χ0v) is 11.8. The Balaban J connectivity index is 1.95. The zero-order chi connectivity index (χ0) is 14.0. The molecule has 102 valence electrons. The molecule has 0 aliphatic carbocycles. The molecule has 1 aromatic carbocycles. The minimum Gasteiger partial charge on any atom is -0.350 e. The van der Waals surface area contributed by atoms with Gasteiger partial charge in [-0.25, -0.2) is 4.79 Å². The highest BCUT2D eigenvalue weighted by Crippen LogP contribution is 2.20. The van der Waals surface area contributed by atoms with Crippen LogP contribution in [0.1, 0.15) is 5.56 Å². The van der Waals surface area contributed by atoms with Gasteiger partial charge in [0.2, 0.25) is 5.91 Å². The lowest BCUT2D eigenvalue weighted by atomic mass is 10.2. The zero-order valence-electron chi connectivity index (χ0n) is 10.2. The molecule has 1 unspecified atom stereocenters. The van der Waals surface area contributed by atoms with Gasteiger partial charge in [0, 0.05) is 30.2 Å². The van der Waals surface area contributed by atoms with Crippen LogP contribution >= 0.6 is 23.2 Å². The lowest BCUT2D eigenvalue weighted by Gasteiger charge is -2.17. The van der Waals surface area contributed by atoms with Crippen LogP contribution in [0, 0.1) is 0 Å². The van der Waals surface area contributed by atoms with E-state index in [1.807, 2.05) is 0 Å². The monoisotopic (exact) mass is 301 g/mol. The van der Waals surface area contributed by atoms with Crippen LogP contribution in [0.4, 0.5) is 4.79 Å². The van der Waals surface area contributed by atoms with Gasteiger partial charge in [0.25, 0.3) is 0 Å². The van der Waals surface area contributed by atoms with Crippen molar-refractivity contribution in [3.05, 3.63) is 33.8 Å². The Kier molecular flexibility index (Phi) is 4.17. The van der Waals surface area contributed by atoms with Crippen LogP contribution in [0.2, 0.25) is 10.0 Å². The molecule has 7 heteroatoms. The number of carbonyl (C=O) groups is 2. The van der Waals surface area contributed by atoms with Crippen LogP contribution in [-0.2, 0) is 11.3 Å². The van der Waals surface area contributed by atoms with Crippen molar-refractivity contribution < 1.29 is 9.59 Å². The van der Waals surface area contributed by atoms with Gasteiger partial charge < -0.3 is 15.5 Å². The average Bonchev–Trinajstić information content (AvgIpc) is 2.69. The molecule has 0 saturated carbocycles. The van der Waals surface area contributed by atoms with E-state index < -0.39 is 6.04 Å². The number of nitrogens with one attached hydrogen (secondary N) is 2. The van der Waals surface area contributed by atoms with Crippen LogP contribution in [0.15, 0.2) is 18.2 Å². The standard InChI is InChI=1S/C12H13Cl2N3O2/c1-17-10(6-16-12(17)19)11(18)15-5-7-2-3-8(13)4-9(7)14/h2-4,10H,5-6H2,1H3,(H,15,18)(H,16,19). The van der Waals surface area contributed by atoms with Gasteiger partial charge in [0.05, 0.1) is 0 Å². The predicted octanol–water partition coefficient (Wildman–Crippen LogP) is 1.63. The highest BCUT2D eigenvalue weighted by atomic mass is 35.5. The summed E-state index contributed by atoms with van der Waals surface area (Å²) in [5.41, 5.74) is 0.777. The number of hydrogen-bond donors (Lipinski definition) is 2. The number of likely N-dealkylation sites (N-methyl/N-ethyl adjacent to an activating group) is 1. The van der Waals surface area contributed by atoms with Crippen LogP contribution in [0.5, 0.6) is 0 Å². The minimum atomic E-state index is -0.487. The number of amides is 3. The quantitative estimate of drug-likeness (QED) is 0.891. The number of carbonyl (C=O) groups excluding carboxylic acids is 2. The summed E-state index contributed by atoms with van der Waals surface area (Å²) in [5.74, 6) is -0.216. The second kappa shape index (κ2) is 5.67. The normalized spacial score (nSPS) is 18.4. The molecule has 1 aliphatic rings. The van der Waals surface area contributed by atoms with Crippen molar-refractivity contribution >= 4 is 35.1 Å². The fourth-order valence-corrected chi connectivity index (χ4v) is 2.30. The molecule has 3 amide bonds. The second-order valence-corrected chi connectivity index (χ2v) is 5.11. The van der Waals surface area contributed by atoms with Crippen molar-refractivity contribution in [2.45, 2.75) is 12.6 Å². The summed E-state index contributed by atoms with van der Waals surface area (Å²) in [6, 6.07) is 4.36. The van der Waals surface area contributed by atoms with Gasteiger partial charge in [-0.05, 0) is 17.7 Å². The first-order chi connectivity index (χ1) is 8.99. The van der Waals surface area contributed by atoms with Gasteiger partial charge in [-0.3, -0.25) is 4.79 Å². The van der Waals surface area contributed by atoms with E-state index in [1.165, 1.54) is 4.90 Å². The van der Waals surface area contributed by atoms with Crippen LogP contribution in [0.25, 0.3) is 0 Å². The van der Waals surface area contributed by atoms with Crippen LogP contribution < -0.4 is 10.6 Å². The molecule has 19 heavy (non-hydrogen) atoms. The summed E-state index contributed by atoms with van der Waals surface area (Å²) in [6.07, 6.45) is 0. The molecule has 1 fully saturated rings. The molecular weight excluding hydrogens is 289 g/mol. The van der Waals surface area contributed by atoms with Gasteiger partial charge in [0.15, 0.2) is 0 Å². The number of benzene rings is 1. The topological polar surface area (TPSA) is 61.4 Å². The third-order valence-electron chi connectivity index (χ3n) is 3.01. The number of urea groups is 1. The predicted molar refractivity (Wildman–Crippen MR) is 73.3 cm³/mol. The van der Waals surface area contributed by atoms with E-state index in [0.29, 0.717) is 23.1 Å². The Labute approximate surface area is 120 Å². The Morgan fingerprint density at radius 1 is 1.53 bits per heavy atom. The van der Waals surface area contributed by atoms with Crippen molar-refractivity contribution in [1.82, 2.24) is 15.5 Å². The molecule has 0 radical (unpaired) electrons. The van der Waals surface area contributed by atoms with E-state index in [2.05, 4.69) is 10.6 Å². The average molecular weight is 302 g/mol. The van der Waals surface area contributed by atoms with Crippen molar-refractivity contribution in [1.29, 1.82) is 0 Å². The van der Waals surface area contributed by atoms with E-state index >= 15 is 0 Å². The maximum Gasteiger partial charge on any atom is 0.317 e. The van der Waals surface area contributed by atoms with E-state index in [1.54, 1.807) is 25.2 Å². The van der Waals surface area contributed by atoms with Gasteiger partial charge in [-0.15, -0.1) is 0 Å². The number of nitrogens with zero attached hydrogens (tertiary/aromatic N) is 1. The van der Waals surface area contributed by atoms with Crippen LogP contribution in [-0.4, -0.2) is 36.5 Å². The van der Waals surface area contributed by atoms with E-state index in [0.717, 1.165) is 5.56 Å². The molecule has 1 saturated heterocycles. The van der Waals surface area contributed by atoms with Gasteiger partial charge in [-0.1, -0.05) is 29.3 Å². The van der Waals surface area contributed by atoms with Crippen LogP contribution in [0.3, 0.4) is 0 Å². The molecule has 1 aromatic rings. The van der Waals surface area contributed by atoms with Gasteiger partial charge in [0.1, 0.15) is 6.04 Å². The lowest BCUT2D eigenvalue weighted by molar-refractivity contribution is -0.124. The number of rotatable bonds is 3. The first kappa shape index (κ1) is 14.0. The second-order valence-electron chi connectivity index (χ2n) is 4.27. The maximum atomic E-state index is 11.9. The van der Waals surface area contributed by atoms with Crippen molar-refractivity contribution in [2.75, 3.05) is 13.6 Å². The highest BCUT2D eigenvalue weighted by molar-refractivity contribution is 6.35. The van der Waals surface area contributed by atoms with E-state index in [-0.39, 0.29) is 11.9 Å². The lowest BCUT2D eigenvalue weighted by Crippen LogP contribution is -2.43. The fourth-order valence-electron chi connectivity index (χ4n) is 1.82. The SMILES string of the molecule is CN1C(=O)NCC1C(=O)NCc1ccc(Cl)cc1Cl. The maximum absolute atomic E-state index is 11.9. The molecule has 5 nitrogen and oxygen atoms in total. The molecule has 1 atom stereocenters. The van der Waals surface area contributed by atoms with E-state index in [4.69, 9.17) is 23.2 Å². The summed E-state index contributed by atoms with van der Waals surface area (Å²) in [4.78, 5) is 24.6. The first-order valence-electron chi connectivity index (χ1n) is 5.71. The van der Waals surface area contributed by atoms with Gasteiger partial charge >= 0.3 is 6.03 Å². The van der Waals surface area contributed by atoms with Crippen molar-refractivity contribution in [3.8, 4) is 0 Å². The first-order valence-corrected chi connectivity index (χ1v) is 6.47. The largest absolute Gasteiger partial charge is 0.350 e. The summed E-state index contributed by atoms with van der Waals surface area (Å²) >= 11 is 11.8. The summed E-state index contributed by atoms with van der Waals surface area (Å²) in [7, 11) is 1.59. The molecule has 0 bridgehead atoms. The fraction of sp³-hybridized carbons (Fsp3) is 0.333. The Hall–Kier alpha value is -1.46. The summed E-state index contributed by atoms with van der Waals surface area (Å²) in [6.45, 7) is 0.614. The number of halogens is 2. The summed E-state index contributed by atoms with van der Waals surface area (Å²) in [5, 5.41) is 6.40. The van der Waals surface area contributed by atoms with Crippen molar-refractivity contribution in [3.63, 3.8) is 0 Å². The minimum absolute atomic E-state index is 0.216. The Morgan fingerprint density at radius 3 is 2.84 bits per heavy atom. The molecule has 0 aromatic heterocycles. The third-order valence-corrected chi connectivity index (χ3v) is 3.59. The molecular formula is C12H13Cl2N3O2. The molecule has 1 aliphatic heterocycles. The highest BCUT2D eigenvalue weighted by Gasteiger charge is 2.32. The van der Waals surface area contributed by atoms with E-state index in [9.17, 15) is 9.59 Å².